The molecule has 0 fully saturated rings. The number of ether oxygens (including phenoxy) is 1. The molecule has 4 heteroatoms. The summed E-state index contributed by atoms with van der Waals surface area (Å²) < 4.78 is 5.02. The predicted molar refractivity (Wildman–Crippen MR) is 64.0 cm³/mol. The van der Waals surface area contributed by atoms with E-state index < -0.39 is 0 Å². The molecule has 0 spiro atoms. The highest BCUT2D eigenvalue weighted by atomic mass is 16.5. The molecule has 1 aliphatic carbocycles. The van der Waals surface area contributed by atoms with Crippen molar-refractivity contribution in [1.82, 2.24) is 9.97 Å². The van der Waals surface area contributed by atoms with E-state index in [9.17, 15) is 4.79 Å². The molecule has 4 nitrogen and oxygen atoms in total. The van der Waals surface area contributed by atoms with Crippen molar-refractivity contribution < 1.29 is 9.53 Å². The van der Waals surface area contributed by atoms with Gasteiger partial charge in [0, 0.05) is 12.4 Å². The number of allylic oxidation sites excluding steroid dienone is 2. The molecule has 0 aliphatic heterocycles. The van der Waals surface area contributed by atoms with E-state index in [0.717, 1.165) is 30.7 Å². The first-order chi connectivity index (χ1) is 8.31. The van der Waals surface area contributed by atoms with Crippen LogP contribution in [0.5, 0.6) is 0 Å². The minimum absolute atomic E-state index is 0.00223. The molecule has 0 aromatic carbocycles. The van der Waals surface area contributed by atoms with E-state index in [0.29, 0.717) is 6.61 Å². The number of esters is 1. The van der Waals surface area contributed by atoms with E-state index in [1.54, 1.807) is 18.5 Å². The lowest BCUT2D eigenvalue weighted by molar-refractivity contribution is -0.148. The summed E-state index contributed by atoms with van der Waals surface area (Å²) >= 11 is 0. The van der Waals surface area contributed by atoms with E-state index >= 15 is 0 Å². The van der Waals surface area contributed by atoms with Crippen molar-refractivity contribution >= 4 is 11.5 Å². The second kappa shape index (κ2) is 5.57. The fraction of sp³-hybridized carbons (Fsp3) is 0.462. The highest BCUT2D eigenvalue weighted by Crippen LogP contribution is 2.28. The van der Waals surface area contributed by atoms with Crippen LogP contribution in [-0.4, -0.2) is 22.5 Å². The maximum atomic E-state index is 11.6. The van der Waals surface area contributed by atoms with Crippen LogP contribution >= 0.6 is 0 Å². The van der Waals surface area contributed by atoms with Gasteiger partial charge in [0.15, 0.2) is 5.82 Å². The number of nitrogens with zero attached hydrogens (tertiary/aromatic N) is 2. The molecule has 1 aromatic heterocycles. The molecule has 1 heterocycles. The average molecular weight is 232 g/mol. The molecular weight excluding hydrogens is 216 g/mol. The molecule has 0 saturated carbocycles. The normalized spacial score (nSPS) is 19.6. The smallest absolute Gasteiger partial charge is 0.309 e. The van der Waals surface area contributed by atoms with Crippen molar-refractivity contribution in [2.75, 3.05) is 6.61 Å². The van der Waals surface area contributed by atoms with E-state index in [-0.39, 0.29) is 11.9 Å². The van der Waals surface area contributed by atoms with Crippen molar-refractivity contribution in [1.29, 1.82) is 0 Å². The fourth-order valence-corrected chi connectivity index (χ4v) is 1.98. The second-order valence-corrected chi connectivity index (χ2v) is 4.03. The van der Waals surface area contributed by atoms with Gasteiger partial charge in [-0.25, -0.2) is 9.97 Å². The van der Waals surface area contributed by atoms with Gasteiger partial charge in [-0.15, -0.1) is 0 Å². The minimum atomic E-state index is -0.0863. The Balaban J connectivity index is 2.00. The third-order valence-corrected chi connectivity index (χ3v) is 2.88. The first-order valence-corrected chi connectivity index (χ1v) is 5.94. The van der Waals surface area contributed by atoms with Gasteiger partial charge in [0.1, 0.15) is 0 Å². The zero-order valence-electron chi connectivity index (χ0n) is 9.93. The Morgan fingerprint density at radius 3 is 2.82 bits per heavy atom. The standard InChI is InChI=1S/C13H16N2O2/c1-2-17-13(16)11-6-4-10(5-7-11)12-14-8-3-9-15-12/h3-4,8-9,11H,2,5-7H2,1H3. The Bertz CT molecular complexity index is 415. The lowest BCUT2D eigenvalue weighted by Crippen LogP contribution is -2.19. The summed E-state index contributed by atoms with van der Waals surface area (Å²) in [5.74, 6) is 0.689. The van der Waals surface area contributed by atoms with Crippen molar-refractivity contribution in [2.24, 2.45) is 5.92 Å². The molecule has 0 bridgehead atoms. The summed E-state index contributed by atoms with van der Waals surface area (Å²) in [5, 5.41) is 0. The zero-order chi connectivity index (χ0) is 12.1. The van der Waals surface area contributed by atoms with E-state index in [1.807, 2.05) is 6.92 Å². The largest absolute Gasteiger partial charge is 0.466 e. The van der Waals surface area contributed by atoms with Crippen molar-refractivity contribution in [3.05, 3.63) is 30.4 Å². The molecule has 0 amide bonds. The summed E-state index contributed by atoms with van der Waals surface area (Å²) in [5.41, 5.74) is 1.13. The van der Waals surface area contributed by atoms with Gasteiger partial charge in [0.25, 0.3) is 0 Å². The van der Waals surface area contributed by atoms with Gasteiger partial charge in [0.2, 0.25) is 0 Å². The fourth-order valence-electron chi connectivity index (χ4n) is 1.98. The minimum Gasteiger partial charge on any atom is -0.466 e. The van der Waals surface area contributed by atoms with Crippen LogP contribution in [-0.2, 0) is 9.53 Å². The monoisotopic (exact) mass is 232 g/mol. The van der Waals surface area contributed by atoms with E-state index in [2.05, 4.69) is 16.0 Å². The molecule has 0 saturated heterocycles. The van der Waals surface area contributed by atoms with E-state index in [4.69, 9.17) is 4.74 Å². The molecule has 1 unspecified atom stereocenters. The topological polar surface area (TPSA) is 52.1 Å². The molecule has 1 aliphatic rings. The number of carbonyl (C=O) groups is 1. The molecular formula is C13H16N2O2. The summed E-state index contributed by atoms with van der Waals surface area (Å²) in [7, 11) is 0. The summed E-state index contributed by atoms with van der Waals surface area (Å²) in [6.45, 7) is 2.29. The number of carbonyl (C=O) groups excluding carboxylic acids is 1. The maximum Gasteiger partial charge on any atom is 0.309 e. The van der Waals surface area contributed by atoms with Gasteiger partial charge in [-0.1, -0.05) is 6.08 Å². The quantitative estimate of drug-likeness (QED) is 0.750. The van der Waals surface area contributed by atoms with Gasteiger partial charge in [-0.05, 0) is 37.8 Å². The first-order valence-electron chi connectivity index (χ1n) is 5.94. The molecule has 17 heavy (non-hydrogen) atoms. The van der Waals surface area contributed by atoms with Crippen molar-refractivity contribution in [2.45, 2.75) is 26.2 Å². The number of hydrogen-bond acceptors (Lipinski definition) is 4. The third-order valence-electron chi connectivity index (χ3n) is 2.88. The van der Waals surface area contributed by atoms with Crippen LogP contribution in [0.2, 0.25) is 0 Å². The van der Waals surface area contributed by atoms with Crippen LogP contribution in [0, 0.1) is 5.92 Å². The second-order valence-electron chi connectivity index (χ2n) is 4.03. The lowest BCUT2D eigenvalue weighted by atomic mass is 9.89. The van der Waals surface area contributed by atoms with Gasteiger partial charge in [0.05, 0.1) is 12.5 Å². The van der Waals surface area contributed by atoms with Crippen LogP contribution in [0.4, 0.5) is 0 Å². The zero-order valence-corrected chi connectivity index (χ0v) is 9.93. The summed E-state index contributed by atoms with van der Waals surface area (Å²) in [4.78, 5) is 20.0. The van der Waals surface area contributed by atoms with Gasteiger partial charge >= 0.3 is 5.97 Å². The molecule has 1 atom stereocenters. The predicted octanol–water partition coefficient (Wildman–Crippen LogP) is 2.22. The van der Waals surface area contributed by atoms with Crippen LogP contribution < -0.4 is 0 Å². The highest BCUT2D eigenvalue weighted by Gasteiger charge is 2.23. The molecule has 90 valence electrons. The van der Waals surface area contributed by atoms with Gasteiger partial charge in [-0.3, -0.25) is 4.79 Å². The summed E-state index contributed by atoms with van der Waals surface area (Å²) in [6.07, 6.45) is 7.92. The molecule has 0 N–H and O–H groups in total. The highest BCUT2D eigenvalue weighted by molar-refractivity contribution is 5.74. The Kier molecular flexibility index (Phi) is 3.85. The van der Waals surface area contributed by atoms with Gasteiger partial charge in [-0.2, -0.15) is 0 Å². The van der Waals surface area contributed by atoms with Crippen LogP contribution in [0.15, 0.2) is 24.5 Å². The maximum absolute atomic E-state index is 11.6. The average Bonchev–Trinajstić information content (AvgIpc) is 2.40. The first kappa shape index (κ1) is 11.8. The Labute approximate surface area is 101 Å². The SMILES string of the molecule is CCOC(=O)C1CC=C(c2ncccn2)CC1. The van der Waals surface area contributed by atoms with Gasteiger partial charge < -0.3 is 4.74 Å². The van der Waals surface area contributed by atoms with Crippen LogP contribution in [0.25, 0.3) is 5.57 Å². The lowest BCUT2D eigenvalue weighted by Gasteiger charge is -2.19. The summed E-state index contributed by atoms with van der Waals surface area (Å²) in [6, 6.07) is 1.80. The molecule has 0 radical (unpaired) electrons. The van der Waals surface area contributed by atoms with Crippen LogP contribution in [0.1, 0.15) is 32.0 Å². The third kappa shape index (κ3) is 2.90. The molecule has 2 rings (SSSR count). The molecule has 1 aromatic rings. The number of hydrogen-bond donors (Lipinski definition) is 0. The van der Waals surface area contributed by atoms with Crippen molar-refractivity contribution in [3.63, 3.8) is 0 Å². The Morgan fingerprint density at radius 1 is 1.47 bits per heavy atom. The Hall–Kier alpha value is -1.71. The number of aromatic nitrogens is 2. The number of rotatable bonds is 3. The Morgan fingerprint density at radius 2 is 2.24 bits per heavy atom. The van der Waals surface area contributed by atoms with Crippen LogP contribution in [0.3, 0.4) is 0 Å². The van der Waals surface area contributed by atoms with E-state index in [1.165, 1.54) is 0 Å². The van der Waals surface area contributed by atoms with Crippen molar-refractivity contribution in [3.8, 4) is 0 Å².